The average molecular weight is 352 g/mol. The summed E-state index contributed by atoms with van der Waals surface area (Å²) in [6.45, 7) is 3.49. The number of carbonyl (C=O) groups excluding carboxylic acids is 1. The van der Waals surface area contributed by atoms with E-state index in [1.54, 1.807) is 12.1 Å². The number of hydrogen-bond donors (Lipinski definition) is 0. The fourth-order valence-corrected chi connectivity index (χ4v) is 1.92. The molecule has 0 bridgehead atoms. The molecular formula is C15H14BrNO4. The summed E-state index contributed by atoms with van der Waals surface area (Å²) in [6, 6.07) is 5.15. The highest BCUT2D eigenvalue weighted by Gasteiger charge is 2.13. The second-order valence-electron chi connectivity index (χ2n) is 3.79. The van der Waals surface area contributed by atoms with Gasteiger partial charge in [-0.25, -0.2) is 4.79 Å². The Balaban J connectivity index is 3.20. The van der Waals surface area contributed by atoms with Gasteiger partial charge < -0.3 is 14.2 Å². The summed E-state index contributed by atoms with van der Waals surface area (Å²) < 4.78 is 15.8. The number of nitriles is 1. The third kappa shape index (κ3) is 4.36. The fraction of sp³-hybridized carbons (Fsp3) is 0.200. The molecule has 0 amide bonds. The van der Waals surface area contributed by atoms with Gasteiger partial charge in [-0.3, -0.25) is 0 Å². The molecule has 0 aliphatic carbocycles. The molecule has 0 fully saturated rings. The second kappa shape index (κ2) is 8.12. The number of rotatable bonds is 6. The van der Waals surface area contributed by atoms with Gasteiger partial charge >= 0.3 is 5.97 Å². The minimum atomic E-state index is -0.709. The molecule has 0 saturated carbocycles. The average Bonchev–Trinajstić information content (AvgIpc) is 2.50. The molecule has 0 atom stereocenters. The first-order valence-electron chi connectivity index (χ1n) is 5.88. The van der Waals surface area contributed by atoms with E-state index in [-0.39, 0.29) is 12.2 Å². The van der Waals surface area contributed by atoms with Gasteiger partial charge in [-0.05, 0) is 23.8 Å². The highest BCUT2D eigenvalue weighted by Crippen LogP contribution is 2.34. The van der Waals surface area contributed by atoms with Crippen LogP contribution < -0.4 is 9.47 Å². The van der Waals surface area contributed by atoms with E-state index < -0.39 is 5.97 Å². The number of benzene rings is 1. The number of nitrogens with zero attached hydrogens (tertiary/aromatic N) is 1. The van der Waals surface area contributed by atoms with E-state index in [1.165, 1.54) is 26.4 Å². The van der Waals surface area contributed by atoms with Gasteiger partial charge in [0.1, 0.15) is 18.2 Å². The van der Waals surface area contributed by atoms with Gasteiger partial charge in [0.25, 0.3) is 0 Å². The number of hydrogen-bond acceptors (Lipinski definition) is 5. The maximum atomic E-state index is 11.7. The molecule has 0 heterocycles. The van der Waals surface area contributed by atoms with E-state index in [2.05, 4.69) is 22.5 Å². The molecule has 1 aromatic rings. The Morgan fingerprint density at radius 3 is 2.52 bits per heavy atom. The Morgan fingerprint density at radius 2 is 2.00 bits per heavy atom. The van der Waals surface area contributed by atoms with Crippen molar-refractivity contribution in [3.8, 4) is 17.6 Å². The first-order chi connectivity index (χ1) is 10.1. The van der Waals surface area contributed by atoms with E-state index >= 15 is 0 Å². The topological polar surface area (TPSA) is 68.6 Å². The largest absolute Gasteiger partial charge is 0.493 e. The van der Waals surface area contributed by atoms with Crippen molar-refractivity contribution in [2.24, 2.45) is 0 Å². The second-order valence-corrected chi connectivity index (χ2v) is 4.64. The molecule has 0 N–H and O–H groups in total. The Hall–Kier alpha value is -2.26. The van der Waals surface area contributed by atoms with Crippen molar-refractivity contribution in [3.05, 3.63) is 40.4 Å². The van der Waals surface area contributed by atoms with Crippen molar-refractivity contribution in [2.75, 3.05) is 20.8 Å². The standard InChI is InChI=1S/C15H14BrNO4/c1-4-5-21-15(18)11(9-17)6-10-7-13(19-2)14(20-3)8-12(10)16/h4,6-8H,1,5H2,2-3H3/b11-6+. The molecule has 1 aromatic carbocycles. The Kier molecular flexibility index (Phi) is 6.50. The van der Waals surface area contributed by atoms with Crippen molar-refractivity contribution >= 4 is 28.0 Å². The van der Waals surface area contributed by atoms with Gasteiger partial charge in [0, 0.05) is 4.47 Å². The lowest BCUT2D eigenvalue weighted by atomic mass is 10.1. The molecule has 21 heavy (non-hydrogen) atoms. The van der Waals surface area contributed by atoms with Crippen LogP contribution in [0.4, 0.5) is 0 Å². The summed E-state index contributed by atoms with van der Waals surface area (Å²) in [5.41, 5.74) is 0.476. The van der Waals surface area contributed by atoms with E-state index in [0.29, 0.717) is 21.5 Å². The van der Waals surface area contributed by atoms with Crippen LogP contribution in [0.25, 0.3) is 6.08 Å². The van der Waals surface area contributed by atoms with Crippen LogP contribution in [0.15, 0.2) is 34.8 Å². The van der Waals surface area contributed by atoms with Crippen molar-refractivity contribution in [2.45, 2.75) is 0 Å². The molecule has 0 unspecified atom stereocenters. The predicted octanol–water partition coefficient (Wildman–Crippen LogP) is 3.10. The summed E-state index contributed by atoms with van der Waals surface area (Å²) in [4.78, 5) is 11.7. The number of halogens is 1. The molecule has 0 aliphatic rings. The zero-order chi connectivity index (χ0) is 15.8. The van der Waals surface area contributed by atoms with Gasteiger partial charge in [-0.15, -0.1) is 0 Å². The van der Waals surface area contributed by atoms with Crippen molar-refractivity contribution < 1.29 is 19.0 Å². The Morgan fingerprint density at radius 1 is 1.38 bits per heavy atom. The predicted molar refractivity (Wildman–Crippen MR) is 82.0 cm³/mol. The van der Waals surface area contributed by atoms with Gasteiger partial charge in [-0.2, -0.15) is 5.26 Å². The van der Waals surface area contributed by atoms with Crippen molar-refractivity contribution in [3.63, 3.8) is 0 Å². The minimum absolute atomic E-state index is 0.0466. The monoisotopic (exact) mass is 351 g/mol. The number of ether oxygens (including phenoxy) is 3. The minimum Gasteiger partial charge on any atom is -0.493 e. The summed E-state index contributed by atoms with van der Waals surface area (Å²) in [6.07, 6.45) is 2.84. The molecule has 0 aromatic heterocycles. The van der Waals surface area contributed by atoms with Crippen LogP contribution in [0.1, 0.15) is 5.56 Å². The molecule has 0 aliphatic heterocycles. The third-order valence-electron chi connectivity index (χ3n) is 2.48. The Bertz CT molecular complexity index is 617. The van der Waals surface area contributed by atoms with Gasteiger partial charge in [0.15, 0.2) is 11.5 Å². The summed E-state index contributed by atoms with van der Waals surface area (Å²) in [5, 5.41) is 9.06. The van der Waals surface area contributed by atoms with Crippen LogP contribution in [-0.2, 0) is 9.53 Å². The molecule has 110 valence electrons. The zero-order valence-electron chi connectivity index (χ0n) is 11.7. The smallest absolute Gasteiger partial charge is 0.349 e. The molecule has 0 radical (unpaired) electrons. The highest BCUT2D eigenvalue weighted by molar-refractivity contribution is 9.10. The highest BCUT2D eigenvalue weighted by atomic mass is 79.9. The number of esters is 1. The van der Waals surface area contributed by atoms with Gasteiger partial charge in [0.2, 0.25) is 0 Å². The van der Waals surface area contributed by atoms with Crippen LogP contribution in [0, 0.1) is 11.3 Å². The van der Waals surface area contributed by atoms with Crippen LogP contribution in [0.2, 0.25) is 0 Å². The van der Waals surface area contributed by atoms with Crippen molar-refractivity contribution in [1.82, 2.24) is 0 Å². The maximum absolute atomic E-state index is 11.7. The summed E-state index contributed by atoms with van der Waals surface area (Å²) in [7, 11) is 3.02. The van der Waals surface area contributed by atoms with Crippen LogP contribution in [0.3, 0.4) is 0 Å². The normalized spacial score (nSPS) is 10.5. The first kappa shape index (κ1) is 16.8. The maximum Gasteiger partial charge on any atom is 0.349 e. The lowest BCUT2D eigenvalue weighted by molar-refractivity contribution is -0.137. The number of carbonyl (C=O) groups is 1. The Labute approximate surface area is 131 Å². The molecule has 5 nitrogen and oxygen atoms in total. The molecule has 0 spiro atoms. The molecule has 1 rings (SSSR count). The SMILES string of the molecule is C=CCOC(=O)/C(C#N)=C/c1cc(OC)c(OC)cc1Br. The summed E-state index contributed by atoms with van der Waals surface area (Å²) in [5.74, 6) is 0.317. The zero-order valence-corrected chi connectivity index (χ0v) is 13.3. The lowest BCUT2D eigenvalue weighted by Gasteiger charge is -2.10. The van der Waals surface area contributed by atoms with Crippen LogP contribution in [0.5, 0.6) is 11.5 Å². The quantitative estimate of drug-likeness (QED) is 0.341. The van der Waals surface area contributed by atoms with E-state index in [9.17, 15) is 4.79 Å². The van der Waals surface area contributed by atoms with E-state index in [1.807, 2.05) is 6.07 Å². The van der Waals surface area contributed by atoms with E-state index in [4.69, 9.17) is 19.5 Å². The molecule has 6 heteroatoms. The number of methoxy groups -OCH3 is 2. The van der Waals surface area contributed by atoms with Gasteiger partial charge in [-0.1, -0.05) is 28.6 Å². The first-order valence-corrected chi connectivity index (χ1v) is 6.68. The third-order valence-corrected chi connectivity index (χ3v) is 3.16. The summed E-state index contributed by atoms with van der Waals surface area (Å²) >= 11 is 3.35. The fourth-order valence-electron chi connectivity index (χ4n) is 1.49. The lowest BCUT2D eigenvalue weighted by Crippen LogP contribution is -2.06. The van der Waals surface area contributed by atoms with Crippen LogP contribution >= 0.6 is 15.9 Å². The van der Waals surface area contributed by atoms with Crippen molar-refractivity contribution in [1.29, 1.82) is 5.26 Å². The van der Waals surface area contributed by atoms with Crippen LogP contribution in [-0.4, -0.2) is 26.8 Å². The molecular weight excluding hydrogens is 338 g/mol. The van der Waals surface area contributed by atoms with E-state index in [0.717, 1.165) is 0 Å². The molecule has 0 saturated heterocycles. The van der Waals surface area contributed by atoms with Gasteiger partial charge in [0.05, 0.1) is 14.2 Å².